The van der Waals surface area contributed by atoms with Crippen molar-refractivity contribution in [1.29, 1.82) is 0 Å². The highest BCUT2D eigenvalue weighted by atomic mass is 32.2. The normalized spacial score (nSPS) is 13.2. The molecule has 0 bridgehead atoms. The molecule has 2 aromatic heterocycles. The number of anilines is 1. The summed E-state index contributed by atoms with van der Waals surface area (Å²) in [6.07, 6.45) is 1.39. The van der Waals surface area contributed by atoms with Crippen molar-refractivity contribution in [2.45, 2.75) is 30.4 Å². The maximum absolute atomic E-state index is 12.3. The van der Waals surface area contributed by atoms with Crippen LogP contribution in [-0.2, 0) is 11.8 Å². The van der Waals surface area contributed by atoms with E-state index < -0.39 is 0 Å². The predicted octanol–water partition coefficient (Wildman–Crippen LogP) is 3.53. The third-order valence-electron chi connectivity index (χ3n) is 3.60. The minimum atomic E-state index is -0.333. The molecule has 2 atom stereocenters. The predicted molar refractivity (Wildman–Crippen MR) is 103 cm³/mol. The van der Waals surface area contributed by atoms with Crippen molar-refractivity contribution in [2.24, 2.45) is 7.05 Å². The Balaban J connectivity index is 1.63. The van der Waals surface area contributed by atoms with Gasteiger partial charge in [-0.2, -0.15) is 0 Å². The van der Waals surface area contributed by atoms with Gasteiger partial charge in [-0.1, -0.05) is 30.0 Å². The van der Waals surface area contributed by atoms with Gasteiger partial charge in [0.25, 0.3) is 0 Å². The first-order valence-electron chi connectivity index (χ1n) is 8.02. The molecule has 1 N–H and O–H groups in total. The molecule has 3 aromatic rings. The van der Waals surface area contributed by atoms with Crippen LogP contribution < -0.4 is 10.1 Å². The van der Waals surface area contributed by atoms with Crippen LogP contribution in [0.25, 0.3) is 0 Å². The number of thiazole rings is 1. The molecule has 26 heavy (non-hydrogen) atoms. The number of amides is 1. The lowest BCUT2D eigenvalue weighted by Gasteiger charge is -2.14. The first-order chi connectivity index (χ1) is 12.5. The summed E-state index contributed by atoms with van der Waals surface area (Å²) in [6.45, 7) is 3.75. The summed E-state index contributed by atoms with van der Waals surface area (Å²) in [5, 5.41) is 13.9. The number of aromatic nitrogens is 4. The molecule has 0 aliphatic heterocycles. The molecule has 0 aliphatic rings. The van der Waals surface area contributed by atoms with E-state index in [1.807, 2.05) is 61.2 Å². The molecule has 3 rings (SSSR count). The lowest BCUT2D eigenvalue weighted by molar-refractivity contribution is -0.115. The molecule has 9 heteroatoms. The molecule has 2 heterocycles. The topological polar surface area (TPSA) is 81.9 Å². The third-order valence-corrected chi connectivity index (χ3v) is 5.42. The van der Waals surface area contributed by atoms with Gasteiger partial charge in [0, 0.05) is 18.6 Å². The second-order valence-corrected chi connectivity index (χ2v) is 7.76. The van der Waals surface area contributed by atoms with Gasteiger partial charge in [-0.3, -0.25) is 4.79 Å². The Kier molecular flexibility index (Phi) is 5.89. The minimum absolute atomic E-state index is 0.122. The monoisotopic (exact) mass is 389 g/mol. The first kappa shape index (κ1) is 18.4. The second-order valence-electron chi connectivity index (χ2n) is 5.56. The fourth-order valence-corrected chi connectivity index (χ4v) is 3.60. The van der Waals surface area contributed by atoms with E-state index >= 15 is 0 Å². The molecule has 0 saturated carbocycles. The van der Waals surface area contributed by atoms with Crippen molar-refractivity contribution < 1.29 is 9.53 Å². The maximum Gasteiger partial charge on any atom is 0.239 e. The smallest absolute Gasteiger partial charge is 0.239 e. The van der Waals surface area contributed by atoms with Gasteiger partial charge in [0.1, 0.15) is 5.75 Å². The van der Waals surface area contributed by atoms with E-state index in [1.165, 1.54) is 23.1 Å². The summed E-state index contributed by atoms with van der Waals surface area (Å²) in [6, 6.07) is 9.57. The summed E-state index contributed by atoms with van der Waals surface area (Å²) in [5.41, 5.74) is 0. The Bertz CT molecular complexity index is 851. The van der Waals surface area contributed by atoms with Crippen LogP contribution in [0, 0.1) is 0 Å². The number of hydrogen-bond donors (Lipinski definition) is 1. The van der Waals surface area contributed by atoms with Gasteiger partial charge in [0.05, 0.1) is 5.25 Å². The van der Waals surface area contributed by atoms with Crippen molar-refractivity contribution >= 4 is 34.1 Å². The molecule has 1 amide bonds. The zero-order valence-electron chi connectivity index (χ0n) is 14.6. The van der Waals surface area contributed by atoms with Gasteiger partial charge in [-0.05, 0) is 26.0 Å². The average Bonchev–Trinajstić information content (AvgIpc) is 3.26. The number of benzene rings is 1. The summed E-state index contributed by atoms with van der Waals surface area (Å²) >= 11 is 2.73. The lowest BCUT2D eigenvalue weighted by Crippen LogP contribution is -2.22. The number of carbonyl (C=O) groups is 1. The van der Waals surface area contributed by atoms with E-state index in [0.717, 1.165) is 5.75 Å². The number of para-hydroxylation sites is 1. The summed E-state index contributed by atoms with van der Waals surface area (Å²) in [5.74, 6) is 1.35. The number of thioether (sulfide) groups is 1. The molecule has 0 aliphatic carbocycles. The van der Waals surface area contributed by atoms with Gasteiger partial charge in [-0.25, -0.2) is 4.98 Å². The standard InChI is InChI=1S/C17H19N5O2S2/c1-11(24-13-7-5-4-6-8-13)14-20-21-17(22(14)3)26-12(2)15(23)19-16-18-9-10-25-16/h4-12H,1-3H3,(H,18,19,23)/t11-,12-/m1/s1. The second kappa shape index (κ2) is 8.33. The Hall–Kier alpha value is -2.39. The van der Waals surface area contributed by atoms with Crippen LogP contribution in [0.3, 0.4) is 0 Å². The summed E-state index contributed by atoms with van der Waals surface area (Å²) < 4.78 is 7.75. The Labute approximate surface area is 159 Å². The van der Waals surface area contributed by atoms with E-state index in [0.29, 0.717) is 16.1 Å². The molecule has 136 valence electrons. The zero-order chi connectivity index (χ0) is 18.5. The third kappa shape index (κ3) is 4.41. The van der Waals surface area contributed by atoms with Crippen LogP contribution in [-0.4, -0.2) is 30.9 Å². The fraction of sp³-hybridized carbons (Fsp3) is 0.294. The van der Waals surface area contributed by atoms with Crippen LogP contribution in [0.4, 0.5) is 5.13 Å². The number of nitrogens with one attached hydrogen (secondary N) is 1. The number of ether oxygens (including phenoxy) is 1. The largest absolute Gasteiger partial charge is 0.483 e. The van der Waals surface area contributed by atoms with Crippen molar-refractivity contribution in [3.05, 3.63) is 47.7 Å². The molecule has 0 unspecified atom stereocenters. The fourth-order valence-electron chi connectivity index (χ4n) is 2.24. The molecule has 0 saturated heterocycles. The average molecular weight is 390 g/mol. The van der Waals surface area contributed by atoms with Crippen LogP contribution in [0.2, 0.25) is 0 Å². The maximum atomic E-state index is 12.3. The van der Waals surface area contributed by atoms with Crippen LogP contribution in [0.1, 0.15) is 25.8 Å². The molecule has 0 spiro atoms. The molecule has 0 radical (unpaired) electrons. The number of hydrogen-bond acceptors (Lipinski definition) is 7. The van der Waals surface area contributed by atoms with Crippen LogP contribution in [0.15, 0.2) is 47.1 Å². The molecule has 1 aromatic carbocycles. The molecule has 0 fully saturated rings. The van der Waals surface area contributed by atoms with Crippen LogP contribution in [0.5, 0.6) is 5.75 Å². The Morgan fingerprint density at radius 2 is 2.04 bits per heavy atom. The van der Waals surface area contributed by atoms with Gasteiger partial charge >= 0.3 is 0 Å². The summed E-state index contributed by atoms with van der Waals surface area (Å²) in [4.78, 5) is 16.3. The molecule has 7 nitrogen and oxygen atoms in total. The number of rotatable bonds is 7. The van der Waals surface area contributed by atoms with Crippen molar-refractivity contribution in [1.82, 2.24) is 19.7 Å². The van der Waals surface area contributed by atoms with Gasteiger partial charge in [-0.15, -0.1) is 21.5 Å². The molecular formula is C17H19N5O2S2. The van der Waals surface area contributed by atoms with E-state index in [1.54, 1.807) is 6.20 Å². The highest BCUT2D eigenvalue weighted by Crippen LogP contribution is 2.26. The van der Waals surface area contributed by atoms with E-state index in [-0.39, 0.29) is 17.3 Å². The zero-order valence-corrected chi connectivity index (χ0v) is 16.3. The summed E-state index contributed by atoms with van der Waals surface area (Å²) in [7, 11) is 1.87. The van der Waals surface area contributed by atoms with E-state index in [2.05, 4.69) is 20.5 Å². The van der Waals surface area contributed by atoms with Gasteiger partial charge < -0.3 is 14.6 Å². The number of carbonyl (C=O) groups excluding carboxylic acids is 1. The number of nitrogens with zero attached hydrogens (tertiary/aromatic N) is 4. The SMILES string of the molecule is C[C@@H](Sc1nnc([C@@H](C)Oc2ccccc2)n1C)C(=O)Nc1nccs1. The highest BCUT2D eigenvalue weighted by molar-refractivity contribution is 8.00. The molecular weight excluding hydrogens is 370 g/mol. The van der Waals surface area contributed by atoms with Gasteiger partial charge in [0.15, 0.2) is 22.2 Å². The van der Waals surface area contributed by atoms with Gasteiger partial charge in [0.2, 0.25) is 5.91 Å². The van der Waals surface area contributed by atoms with E-state index in [4.69, 9.17) is 4.74 Å². The quantitative estimate of drug-likeness (QED) is 0.623. The highest BCUT2D eigenvalue weighted by Gasteiger charge is 2.22. The van der Waals surface area contributed by atoms with Crippen molar-refractivity contribution in [3.8, 4) is 5.75 Å². The minimum Gasteiger partial charge on any atom is -0.483 e. The Morgan fingerprint density at radius 1 is 1.27 bits per heavy atom. The van der Waals surface area contributed by atoms with E-state index in [9.17, 15) is 4.79 Å². The van der Waals surface area contributed by atoms with Crippen molar-refractivity contribution in [3.63, 3.8) is 0 Å². The van der Waals surface area contributed by atoms with Crippen LogP contribution >= 0.6 is 23.1 Å². The van der Waals surface area contributed by atoms with Crippen molar-refractivity contribution in [2.75, 3.05) is 5.32 Å². The first-order valence-corrected chi connectivity index (χ1v) is 9.78. The Morgan fingerprint density at radius 3 is 2.73 bits per heavy atom. The lowest BCUT2D eigenvalue weighted by atomic mass is 10.3.